The Morgan fingerprint density at radius 1 is 1.23 bits per heavy atom. The molecule has 0 spiro atoms. The molecule has 1 saturated carbocycles. The zero-order valence-corrected chi connectivity index (χ0v) is 22.8. The highest BCUT2D eigenvalue weighted by Crippen LogP contribution is 2.35. The molecule has 0 bridgehead atoms. The summed E-state index contributed by atoms with van der Waals surface area (Å²) in [6.07, 6.45) is 9.14. The number of nitrogens with zero attached hydrogens (tertiary/aromatic N) is 4. The van der Waals surface area contributed by atoms with E-state index in [9.17, 15) is 19.5 Å². The van der Waals surface area contributed by atoms with Gasteiger partial charge in [-0.15, -0.1) is 0 Å². The number of benzene rings is 1. The van der Waals surface area contributed by atoms with Gasteiger partial charge in [-0.2, -0.15) is 0 Å². The topological polar surface area (TPSA) is 137 Å². The first-order valence-electron chi connectivity index (χ1n) is 13.6. The molecule has 1 aliphatic carbocycles. The quantitative estimate of drug-likeness (QED) is 0.493. The molecule has 1 fully saturated rings. The lowest BCUT2D eigenvalue weighted by molar-refractivity contribution is 0.0367. The number of amides is 4. The summed E-state index contributed by atoms with van der Waals surface area (Å²) in [6, 6.07) is 4.53. The lowest BCUT2D eigenvalue weighted by Crippen LogP contribution is -2.52. The summed E-state index contributed by atoms with van der Waals surface area (Å²) in [5.74, 6) is -0.781. The van der Waals surface area contributed by atoms with E-state index in [2.05, 4.69) is 20.6 Å². The first-order valence-corrected chi connectivity index (χ1v) is 13.6. The van der Waals surface area contributed by atoms with E-state index in [4.69, 9.17) is 4.74 Å². The first-order chi connectivity index (χ1) is 18.8. The fourth-order valence-electron chi connectivity index (χ4n) is 5.05. The number of ether oxygens (including phenoxy) is 1. The van der Waals surface area contributed by atoms with Crippen LogP contribution >= 0.6 is 0 Å². The molecule has 2 aliphatic rings. The zero-order chi connectivity index (χ0) is 27.9. The SMILES string of the molecule is C[C@@H]1CN([C@H](C)CO)C(=O)c2cccc(NC(=O)c3cnccn3)c2O[C@H]1CN(C)C(=O)NC1CCCCC1. The number of aliphatic hydroxyl groups is 1. The Morgan fingerprint density at radius 2 is 2.00 bits per heavy atom. The number of rotatable bonds is 7. The van der Waals surface area contributed by atoms with Crippen LogP contribution in [0.3, 0.4) is 0 Å². The fraction of sp³-hybridized carbons (Fsp3) is 0.536. The van der Waals surface area contributed by atoms with Crippen molar-refractivity contribution in [2.24, 2.45) is 5.92 Å². The molecular formula is C28H38N6O5. The summed E-state index contributed by atoms with van der Waals surface area (Å²) in [5, 5.41) is 15.8. The molecule has 11 heteroatoms. The summed E-state index contributed by atoms with van der Waals surface area (Å²) in [7, 11) is 1.73. The number of anilines is 1. The molecule has 0 radical (unpaired) electrons. The highest BCUT2D eigenvalue weighted by molar-refractivity contribution is 6.06. The van der Waals surface area contributed by atoms with Gasteiger partial charge in [0.05, 0.1) is 36.6 Å². The van der Waals surface area contributed by atoms with Crippen molar-refractivity contribution in [3.63, 3.8) is 0 Å². The van der Waals surface area contributed by atoms with Crippen LogP contribution in [0.4, 0.5) is 10.5 Å². The molecule has 3 atom stereocenters. The molecule has 0 saturated heterocycles. The Morgan fingerprint density at radius 3 is 2.69 bits per heavy atom. The minimum absolute atomic E-state index is 0.117. The third kappa shape index (κ3) is 6.83. The molecule has 4 rings (SSSR count). The number of aromatic nitrogens is 2. The van der Waals surface area contributed by atoms with Gasteiger partial charge in [-0.25, -0.2) is 9.78 Å². The van der Waals surface area contributed by atoms with Crippen LogP contribution in [0, 0.1) is 5.92 Å². The number of aliphatic hydroxyl groups excluding tert-OH is 1. The molecular weight excluding hydrogens is 500 g/mol. The summed E-state index contributed by atoms with van der Waals surface area (Å²) in [5.41, 5.74) is 0.687. The normalized spacial score (nSPS) is 20.6. The Labute approximate surface area is 228 Å². The van der Waals surface area contributed by atoms with Crippen LogP contribution in [-0.4, -0.2) is 87.7 Å². The molecule has 1 aliphatic heterocycles. The lowest BCUT2D eigenvalue weighted by atomic mass is 9.96. The fourth-order valence-corrected chi connectivity index (χ4v) is 5.05. The molecule has 0 unspecified atom stereocenters. The van der Waals surface area contributed by atoms with Crippen molar-refractivity contribution in [2.45, 2.75) is 64.1 Å². The van der Waals surface area contributed by atoms with Crippen molar-refractivity contribution in [2.75, 3.05) is 32.1 Å². The standard InChI is InChI=1S/C28H38N6O5/c1-18-15-34(19(2)17-35)27(37)21-10-7-11-22(32-26(36)23-14-29-12-13-30-23)25(21)39-24(18)16-33(3)28(38)31-20-8-5-4-6-9-20/h7,10-14,18-20,24,35H,4-6,8-9,15-17H2,1-3H3,(H,31,38)(H,32,36)/t18-,19-,24+/m1/s1. The van der Waals surface area contributed by atoms with E-state index in [0.29, 0.717) is 12.2 Å². The van der Waals surface area contributed by atoms with Crippen LogP contribution in [0.2, 0.25) is 0 Å². The highest BCUT2D eigenvalue weighted by Gasteiger charge is 2.35. The van der Waals surface area contributed by atoms with Crippen LogP contribution in [0.1, 0.15) is 66.8 Å². The van der Waals surface area contributed by atoms with Crippen LogP contribution in [-0.2, 0) is 0 Å². The lowest BCUT2D eigenvalue weighted by Gasteiger charge is -2.38. The van der Waals surface area contributed by atoms with Gasteiger partial charge in [-0.1, -0.05) is 32.3 Å². The van der Waals surface area contributed by atoms with Crippen molar-refractivity contribution in [1.29, 1.82) is 0 Å². The molecule has 2 aromatic rings. The number of para-hydroxylation sites is 1. The Hall–Kier alpha value is -3.73. The second kappa shape index (κ2) is 12.9. The van der Waals surface area contributed by atoms with Crippen LogP contribution < -0.4 is 15.4 Å². The van der Waals surface area contributed by atoms with Gasteiger partial charge in [-0.3, -0.25) is 14.6 Å². The number of nitrogens with one attached hydrogen (secondary N) is 2. The molecule has 3 N–H and O–H groups in total. The minimum Gasteiger partial charge on any atom is -0.485 e. The van der Waals surface area contributed by atoms with E-state index in [1.54, 1.807) is 42.0 Å². The van der Waals surface area contributed by atoms with E-state index in [0.717, 1.165) is 25.7 Å². The van der Waals surface area contributed by atoms with Crippen molar-refractivity contribution >= 4 is 23.5 Å². The summed E-state index contributed by atoms with van der Waals surface area (Å²) < 4.78 is 6.48. The smallest absolute Gasteiger partial charge is 0.317 e. The number of likely N-dealkylation sites (N-methyl/N-ethyl adjacent to an activating group) is 1. The van der Waals surface area contributed by atoms with Crippen molar-refractivity contribution in [1.82, 2.24) is 25.1 Å². The Balaban J connectivity index is 1.62. The van der Waals surface area contributed by atoms with Gasteiger partial charge >= 0.3 is 6.03 Å². The molecule has 1 aromatic heterocycles. The van der Waals surface area contributed by atoms with E-state index in [1.165, 1.54) is 25.0 Å². The van der Waals surface area contributed by atoms with Gasteiger partial charge in [0.15, 0.2) is 5.75 Å². The third-order valence-corrected chi connectivity index (χ3v) is 7.47. The largest absolute Gasteiger partial charge is 0.485 e. The maximum Gasteiger partial charge on any atom is 0.317 e. The molecule has 4 amide bonds. The summed E-state index contributed by atoms with van der Waals surface area (Å²) in [6.45, 7) is 4.13. The van der Waals surface area contributed by atoms with Gasteiger partial charge in [-0.05, 0) is 31.9 Å². The number of carbonyl (C=O) groups is 3. The number of hydrogen-bond donors (Lipinski definition) is 3. The maximum atomic E-state index is 13.6. The molecule has 1 aromatic carbocycles. The second-order valence-corrected chi connectivity index (χ2v) is 10.5. The monoisotopic (exact) mass is 538 g/mol. The predicted octanol–water partition coefficient (Wildman–Crippen LogP) is 2.92. The number of fused-ring (bicyclic) bond motifs is 1. The Bertz CT molecular complexity index is 1160. The van der Waals surface area contributed by atoms with Crippen LogP contribution in [0.15, 0.2) is 36.8 Å². The number of carbonyl (C=O) groups excluding carboxylic acids is 3. The zero-order valence-electron chi connectivity index (χ0n) is 22.8. The summed E-state index contributed by atoms with van der Waals surface area (Å²) in [4.78, 5) is 50.8. The van der Waals surface area contributed by atoms with Crippen molar-refractivity contribution < 1.29 is 24.2 Å². The van der Waals surface area contributed by atoms with Crippen LogP contribution in [0.25, 0.3) is 0 Å². The highest BCUT2D eigenvalue weighted by atomic mass is 16.5. The molecule has 39 heavy (non-hydrogen) atoms. The van der Waals surface area contributed by atoms with Gasteiger partial charge < -0.3 is 30.3 Å². The summed E-state index contributed by atoms with van der Waals surface area (Å²) >= 11 is 0. The molecule has 2 heterocycles. The second-order valence-electron chi connectivity index (χ2n) is 10.5. The van der Waals surface area contributed by atoms with E-state index in [-0.39, 0.29) is 54.1 Å². The number of hydrogen-bond acceptors (Lipinski definition) is 7. The van der Waals surface area contributed by atoms with E-state index < -0.39 is 18.1 Å². The number of urea groups is 1. The van der Waals surface area contributed by atoms with Gasteiger partial charge in [0.1, 0.15) is 11.8 Å². The van der Waals surface area contributed by atoms with Crippen molar-refractivity contribution in [3.8, 4) is 5.75 Å². The molecule has 210 valence electrons. The minimum atomic E-state index is -0.498. The maximum absolute atomic E-state index is 13.6. The van der Waals surface area contributed by atoms with Crippen molar-refractivity contribution in [3.05, 3.63) is 48.0 Å². The third-order valence-electron chi connectivity index (χ3n) is 7.47. The Kier molecular flexibility index (Phi) is 9.34. The average Bonchev–Trinajstić information content (AvgIpc) is 2.95. The van der Waals surface area contributed by atoms with Gasteiger partial charge in [0, 0.05) is 37.9 Å². The van der Waals surface area contributed by atoms with Gasteiger partial charge in [0.2, 0.25) is 0 Å². The first kappa shape index (κ1) is 28.3. The van der Waals surface area contributed by atoms with Gasteiger partial charge in [0.25, 0.3) is 11.8 Å². The van der Waals surface area contributed by atoms with E-state index in [1.807, 2.05) is 6.92 Å². The average molecular weight is 539 g/mol. The van der Waals surface area contributed by atoms with Crippen LogP contribution in [0.5, 0.6) is 5.75 Å². The van der Waals surface area contributed by atoms with E-state index >= 15 is 0 Å². The molecule has 11 nitrogen and oxygen atoms in total. The predicted molar refractivity (Wildman–Crippen MR) is 146 cm³/mol.